The minimum atomic E-state index is -6.59. The van der Waals surface area contributed by atoms with E-state index in [1.165, 1.54) is 85.0 Å². The van der Waals surface area contributed by atoms with Crippen LogP contribution in [0.5, 0.6) is 0 Å². The maximum Gasteiger partial charge on any atom is 0.426 e. The number of carbonyl (C=O) groups is 6. The molecular weight excluding hydrogens is 1480 g/mol. The molecule has 10 saturated carbocycles. The van der Waals surface area contributed by atoms with Crippen molar-refractivity contribution in [2.45, 2.75) is 247 Å². The van der Waals surface area contributed by atoms with Crippen LogP contribution in [0.15, 0.2) is 24.3 Å². The van der Waals surface area contributed by atoms with E-state index in [1.807, 2.05) is 0 Å². The SMILES string of the molecule is C=C(C)C(=O)OC1CC(C(O)(C(F)(F)F)C(F)(F)F)CC(C(O)(C(F)(F)F)C(F)(F)F)C1.CC(C(=O)O)C(C)C(=O)OC1C2CC3CC(C2)CC1C3.CCC(C)(C)C(=O)OC1CC(C(O)(C(F)(F)F)C(F)(F)F)CC(C(O)(C(F)(F)F)C(F)(F)F)C1.O=C(O)/C=C\C(=O)OC1C2CC3CC(C2)CC1C3. The number of alkyl halides is 24. The van der Waals surface area contributed by atoms with Crippen molar-refractivity contribution >= 4 is 35.8 Å². The Labute approximate surface area is 577 Å². The molecule has 0 aliphatic heterocycles. The Morgan fingerprint density at radius 1 is 0.404 bits per heavy atom. The van der Waals surface area contributed by atoms with Gasteiger partial charge in [0.2, 0.25) is 0 Å². The summed E-state index contributed by atoms with van der Waals surface area (Å²) < 4.78 is 339. The number of rotatable bonds is 16. The van der Waals surface area contributed by atoms with E-state index in [2.05, 4.69) is 11.3 Å². The van der Waals surface area contributed by atoms with Crippen molar-refractivity contribution in [3.05, 3.63) is 24.3 Å². The second-order valence-electron chi connectivity index (χ2n) is 29.6. The van der Waals surface area contributed by atoms with Crippen LogP contribution in [0.3, 0.4) is 0 Å². The molecular formula is C64H80F24O16. The third-order valence-electron chi connectivity index (χ3n) is 22.1. The molecule has 10 aliphatic carbocycles. The second kappa shape index (κ2) is 31.2. The van der Waals surface area contributed by atoms with Crippen molar-refractivity contribution < 1.29 is 184 Å². The van der Waals surface area contributed by atoms with Crippen LogP contribution in [-0.4, -0.2) is 163 Å². The fourth-order valence-electron chi connectivity index (χ4n) is 16.4. The summed E-state index contributed by atoms with van der Waals surface area (Å²) in [5.74, 6) is -15.0. The number of ether oxygens (including phenoxy) is 4. The van der Waals surface area contributed by atoms with Gasteiger partial charge in [-0.05, 0) is 177 Å². The lowest BCUT2D eigenvalue weighted by molar-refractivity contribution is -0.406. The van der Waals surface area contributed by atoms with Gasteiger partial charge in [0, 0.05) is 41.4 Å². The van der Waals surface area contributed by atoms with E-state index >= 15 is 0 Å². The molecule has 10 rings (SSSR count). The smallest absolute Gasteiger partial charge is 0.426 e. The first-order chi connectivity index (χ1) is 46.7. The summed E-state index contributed by atoms with van der Waals surface area (Å²) in [6, 6.07) is 0. The van der Waals surface area contributed by atoms with Crippen LogP contribution in [0.4, 0.5) is 105 Å². The van der Waals surface area contributed by atoms with Gasteiger partial charge in [-0.25, -0.2) is 14.4 Å². The highest BCUT2D eigenvalue weighted by Gasteiger charge is 2.81. The average molecular weight is 1560 g/mol. The van der Waals surface area contributed by atoms with Crippen LogP contribution < -0.4 is 0 Å². The number of hydrogen-bond donors (Lipinski definition) is 6. The van der Waals surface area contributed by atoms with Crippen molar-refractivity contribution in [1.29, 1.82) is 0 Å². The third-order valence-corrected chi connectivity index (χ3v) is 22.1. The van der Waals surface area contributed by atoms with Crippen LogP contribution in [0.1, 0.15) is 151 Å². The van der Waals surface area contributed by atoms with E-state index in [0.717, 1.165) is 42.7 Å². The van der Waals surface area contributed by atoms with Crippen molar-refractivity contribution in [1.82, 2.24) is 0 Å². The molecule has 0 aromatic heterocycles. The maximum atomic E-state index is 13.3. The van der Waals surface area contributed by atoms with Gasteiger partial charge < -0.3 is 49.6 Å². The summed E-state index contributed by atoms with van der Waals surface area (Å²) in [7, 11) is 0. The van der Waals surface area contributed by atoms with Gasteiger partial charge in [0.1, 0.15) is 24.4 Å². The molecule has 0 aromatic rings. The summed E-state index contributed by atoms with van der Waals surface area (Å²) in [6.07, 6.45) is -53.9. The molecule has 6 N–H and O–H groups in total. The Morgan fingerprint density at radius 2 is 0.673 bits per heavy atom. The number of carboxylic acids is 2. The zero-order valence-electron chi connectivity index (χ0n) is 56.1. The fourth-order valence-corrected chi connectivity index (χ4v) is 16.4. The number of halogens is 24. The van der Waals surface area contributed by atoms with Crippen LogP contribution in [0.2, 0.25) is 0 Å². The molecule has 0 heterocycles. The van der Waals surface area contributed by atoms with Gasteiger partial charge in [0.25, 0.3) is 22.4 Å². The number of carboxylic acid groups (broad SMARTS) is 2. The lowest BCUT2D eigenvalue weighted by atomic mass is 9.55. The summed E-state index contributed by atoms with van der Waals surface area (Å²) in [6.45, 7) is 11.0. The quantitative estimate of drug-likeness (QED) is 0.0363. The molecule has 8 bridgehead atoms. The monoisotopic (exact) mass is 1560 g/mol. The largest absolute Gasteiger partial charge is 0.481 e. The molecule has 104 heavy (non-hydrogen) atoms. The highest BCUT2D eigenvalue weighted by atomic mass is 19.4. The van der Waals surface area contributed by atoms with Gasteiger partial charge in [-0.15, -0.1) is 0 Å². The van der Waals surface area contributed by atoms with E-state index in [4.69, 9.17) is 24.4 Å². The first-order valence-corrected chi connectivity index (χ1v) is 32.8. The topological polar surface area (TPSA) is 261 Å². The summed E-state index contributed by atoms with van der Waals surface area (Å²) in [4.78, 5) is 68.9. The number of hydrogen-bond acceptors (Lipinski definition) is 14. The minimum Gasteiger partial charge on any atom is -0.481 e. The second-order valence-corrected chi connectivity index (χ2v) is 29.6. The van der Waals surface area contributed by atoms with Crippen LogP contribution in [-0.2, 0) is 47.7 Å². The highest BCUT2D eigenvalue weighted by molar-refractivity contribution is 5.91. The van der Waals surface area contributed by atoms with E-state index in [-0.39, 0.29) is 24.6 Å². The molecule has 0 amide bonds. The van der Waals surface area contributed by atoms with Gasteiger partial charge in [-0.3, -0.25) is 14.4 Å². The molecule has 10 aliphatic rings. The average Bonchev–Trinajstić information content (AvgIpc) is 0.727. The van der Waals surface area contributed by atoms with Crippen molar-refractivity contribution in [2.75, 3.05) is 0 Å². The maximum absolute atomic E-state index is 13.3. The number of esters is 4. The lowest BCUT2D eigenvalue weighted by Gasteiger charge is -2.53. The van der Waals surface area contributed by atoms with Crippen molar-refractivity contribution in [3.8, 4) is 0 Å². The first-order valence-electron chi connectivity index (χ1n) is 32.8. The highest BCUT2D eigenvalue weighted by Crippen LogP contribution is 2.62. The predicted molar refractivity (Wildman–Crippen MR) is 305 cm³/mol. The Balaban J connectivity index is 0.000000256. The normalized spacial score (nSPS) is 30.4. The Kier molecular flexibility index (Phi) is 26.7. The molecule has 16 nitrogen and oxygen atoms in total. The Bertz CT molecular complexity index is 2870. The van der Waals surface area contributed by atoms with Crippen LogP contribution >= 0.6 is 0 Å². The van der Waals surface area contributed by atoms with E-state index in [0.29, 0.717) is 23.7 Å². The summed E-state index contributed by atoms with van der Waals surface area (Å²) in [5.41, 5.74) is -25.0. The number of aliphatic hydroxyl groups is 4. The molecule has 0 aromatic carbocycles. The first kappa shape index (κ1) is 89.1. The fraction of sp³-hybridized carbons (Fsp3) is 0.844. The van der Waals surface area contributed by atoms with Gasteiger partial charge in [-0.1, -0.05) is 27.4 Å². The molecule has 0 spiro atoms. The Hall–Kier alpha value is -5.54. The Morgan fingerprint density at radius 3 is 0.913 bits per heavy atom. The summed E-state index contributed by atoms with van der Waals surface area (Å²) >= 11 is 0. The van der Waals surface area contributed by atoms with E-state index in [9.17, 15) is 155 Å². The third kappa shape index (κ3) is 18.8. The van der Waals surface area contributed by atoms with Crippen LogP contribution in [0.25, 0.3) is 0 Å². The predicted octanol–water partition coefficient (Wildman–Crippen LogP) is 14.8. The summed E-state index contributed by atoms with van der Waals surface area (Å²) in [5, 5.41) is 55.7. The minimum absolute atomic E-state index is 0.0184. The van der Waals surface area contributed by atoms with Gasteiger partial charge >= 0.3 is 85.2 Å². The molecule has 600 valence electrons. The number of carbonyl (C=O) groups excluding carboxylic acids is 4. The van der Waals surface area contributed by atoms with Gasteiger partial charge in [-0.2, -0.15) is 105 Å². The van der Waals surface area contributed by atoms with E-state index in [1.54, 1.807) is 13.8 Å². The van der Waals surface area contributed by atoms with Crippen molar-refractivity contribution in [2.24, 2.45) is 88.3 Å². The molecule has 6 unspecified atom stereocenters. The zero-order chi connectivity index (χ0) is 80.2. The van der Waals surface area contributed by atoms with Crippen LogP contribution in [0, 0.1) is 88.3 Å². The number of aliphatic carboxylic acids is 2. The zero-order valence-corrected chi connectivity index (χ0v) is 56.1. The standard InChI is InChI=1S/C18H22F12O4.C16H16F12O4.C16H24O4.C14H18O4/c1-4-12(2,3)11(31)34-10-6-8(13(32,15(19,20)21)16(22,23)24)5-9(7-10)14(33,17(25,26)27)18(28,29)30;1-6(2)10(29)32-9-4-7(11(30,13(17,18)19)14(20,21)22)3-8(5-9)12(31,15(23,24)25)16(26,27)28;1-8(15(17)18)9(2)16(19)20-14-12-4-10-3-11(6-12)7-13(14)5-10;15-12(16)1-2-13(17)18-14-10-4-8-3-9(6-10)7-11(14)5-8/h8-10,32-33H,4-7H2,1-3H3;7-9,30-31H,1,3-5H2,2H3;8-14H,3-7H2,1-2H3,(H,17,18);1-2,8-11,14H,3-7H2,(H,15,16)/b;;;2-1-. The van der Waals surface area contributed by atoms with E-state index < -0.39 is 199 Å². The molecule has 0 radical (unpaired) electrons. The molecule has 6 atom stereocenters. The van der Waals surface area contributed by atoms with Gasteiger partial charge in [0.15, 0.2) is 0 Å². The molecule has 40 heteroatoms. The molecule has 0 saturated heterocycles. The molecule has 10 fully saturated rings. The lowest BCUT2D eigenvalue weighted by Crippen LogP contribution is -2.67. The van der Waals surface area contributed by atoms with Gasteiger partial charge in [0.05, 0.1) is 17.3 Å². The van der Waals surface area contributed by atoms with Crippen molar-refractivity contribution in [3.63, 3.8) is 0 Å².